The van der Waals surface area contributed by atoms with Crippen molar-refractivity contribution < 1.29 is 32.5 Å². The highest BCUT2D eigenvalue weighted by Crippen LogP contribution is 2.32. The van der Waals surface area contributed by atoms with Crippen LogP contribution >= 0.6 is 0 Å². The number of fused-ring (bicyclic) bond motifs is 1. The van der Waals surface area contributed by atoms with E-state index in [4.69, 9.17) is 9.47 Å². The standard InChI is InChI=1S/C41H40FN3O6S/c1-52(48,49)44-38-23-32(14-19-41(38)50-28-31-10-6-3-7-11-31)39(47)26-45(25-30-8-4-2-5-9-30)34(27-46)22-29-12-16-35(17-13-29)51-40-20-21-43-37-18-15-33(42)24-36(37)40/h2-21,23-24,34,39,44,46-47H,22,25-28H2,1H3/t34-,39-/m0/s1. The van der Waals surface area contributed by atoms with Crippen LogP contribution in [0.3, 0.4) is 0 Å². The lowest BCUT2D eigenvalue weighted by Gasteiger charge is -2.33. The normalized spacial score (nSPS) is 12.8. The van der Waals surface area contributed by atoms with E-state index in [-0.39, 0.29) is 37.3 Å². The van der Waals surface area contributed by atoms with E-state index in [0.717, 1.165) is 22.9 Å². The van der Waals surface area contributed by atoms with Crippen LogP contribution in [-0.2, 0) is 29.6 Å². The molecule has 0 fully saturated rings. The summed E-state index contributed by atoms with van der Waals surface area (Å²) in [5.41, 5.74) is 4.18. The van der Waals surface area contributed by atoms with Gasteiger partial charge in [0.1, 0.15) is 29.7 Å². The number of pyridine rings is 1. The minimum absolute atomic E-state index is 0.148. The lowest BCUT2D eigenvalue weighted by molar-refractivity contribution is 0.0566. The molecule has 6 aromatic rings. The molecule has 0 bridgehead atoms. The number of hydrogen-bond acceptors (Lipinski definition) is 8. The quantitative estimate of drug-likeness (QED) is 0.0956. The maximum absolute atomic E-state index is 14.0. The van der Waals surface area contributed by atoms with Crippen LogP contribution in [0.15, 0.2) is 134 Å². The van der Waals surface area contributed by atoms with Gasteiger partial charge in [-0.05, 0) is 77.2 Å². The summed E-state index contributed by atoms with van der Waals surface area (Å²) in [6.45, 7) is 0.649. The monoisotopic (exact) mass is 721 g/mol. The summed E-state index contributed by atoms with van der Waals surface area (Å²) in [5.74, 6) is 1.000. The molecule has 268 valence electrons. The number of aliphatic hydroxyl groups is 2. The molecule has 0 radical (unpaired) electrons. The molecule has 0 unspecified atom stereocenters. The molecule has 52 heavy (non-hydrogen) atoms. The molecule has 0 aliphatic carbocycles. The fourth-order valence-corrected chi connectivity index (χ4v) is 6.53. The fraction of sp³-hybridized carbons (Fsp3) is 0.195. The highest BCUT2D eigenvalue weighted by molar-refractivity contribution is 7.92. The number of aromatic nitrogens is 1. The maximum Gasteiger partial charge on any atom is 0.229 e. The van der Waals surface area contributed by atoms with Crippen molar-refractivity contribution in [3.63, 3.8) is 0 Å². The summed E-state index contributed by atoms with van der Waals surface area (Å²) in [5, 5.41) is 22.8. The molecule has 0 saturated heterocycles. The van der Waals surface area contributed by atoms with Crippen molar-refractivity contribution in [2.75, 3.05) is 24.1 Å². The second-order valence-electron chi connectivity index (χ2n) is 12.6. The van der Waals surface area contributed by atoms with E-state index < -0.39 is 16.1 Å². The molecule has 6 rings (SSSR count). The van der Waals surface area contributed by atoms with Gasteiger partial charge in [0.15, 0.2) is 0 Å². The molecule has 0 amide bonds. The number of benzene rings is 5. The molecule has 0 aliphatic heterocycles. The number of halogens is 1. The molecule has 0 aliphatic rings. The largest absolute Gasteiger partial charge is 0.487 e. The third-order valence-corrected chi connectivity index (χ3v) is 9.16. The molecule has 1 heterocycles. The molecule has 0 saturated carbocycles. The van der Waals surface area contributed by atoms with Gasteiger partial charge in [-0.25, -0.2) is 12.8 Å². The van der Waals surface area contributed by atoms with E-state index in [1.54, 1.807) is 36.5 Å². The topological polar surface area (TPSA) is 121 Å². The third kappa shape index (κ3) is 9.92. The Kier molecular flexibility index (Phi) is 11.8. The molecule has 0 spiro atoms. The van der Waals surface area contributed by atoms with Crippen molar-refractivity contribution in [3.8, 4) is 17.2 Å². The van der Waals surface area contributed by atoms with Gasteiger partial charge in [-0.1, -0.05) is 78.9 Å². The van der Waals surface area contributed by atoms with Crippen LogP contribution in [0.1, 0.15) is 28.4 Å². The third-order valence-electron chi connectivity index (χ3n) is 8.57. The molecule has 3 N–H and O–H groups in total. The average molecular weight is 722 g/mol. The number of ether oxygens (including phenoxy) is 2. The van der Waals surface area contributed by atoms with Gasteiger partial charge in [-0.15, -0.1) is 0 Å². The summed E-state index contributed by atoms with van der Waals surface area (Å²) in [6, 6.07) is 37.4. The van der Waals surface area contributed by atoms with Crippen LogP contribution in [0, 0.1) is 5.82 Å². The molecule has 11 heteroatoms. The molecule has 5 aromatic carbocycles. The first-order valence-corrected chi connectivity index (χ1v) is 18.7. The van der Waals surface area contributed by atoms with Gasteiger partial charge in [0, 0.05) is 30.7 Å². The number of nitrogens with zero attached hydrogens (tertiary/aromatic N) is 2. The summed E-state index contributed by atoms with van der Waals surface area (Å²) in [6.07, 6.45) is 2.11. The van der Waals surface area contributed by atoms with E-state index in [1.807, 2.05) is 89.8 Å². The van der Waals surface area contributed by atoms with E-state index >= 15 is 0 Å². The van der Waals surface area contributed by atoms with Gasteiger partial charge in [0.25, 0.3) is 0 Å². The predicted molar refractivity (Wildman–Crippen MR) is 200 cm³/mol. The number of sulfonamides is 1. The molecule has 1 aromatic heterocycles. The first-order chi connectivity index (χ1) is 25.1. The van der Waals surface area contributed by atoms with Crippen LogP contribution < -0.4 is 14.2 Å². The van der Waals surface area contributed by atoms with Gasteiger partial charge in [0.05, 0.1) is 30.2 Å². The van der Waals surface area contributed by atoms with Crippen molar-refractivity contribution in [1.29, 1.82) is 0 Å². The molecule has 9 nitrogen and oxygen atoms in total. The van der Waals surface area contributed by atoms with Gasteiger partial charge < -0.3 is 19.7 Å². The van der Waals surface area contributed by atoms with Crippen molar-refractivity contribution in [1.82, 2.24) is 9.88 Å². The van der Waals surface area contributed by atoms with Crippen LogP contribution in [0.5, 0.6) is 17.2 Å². The Morgan fingerprint density at radius 3 is 2.23 bits per heavy atom. The second kappa shape index (κ2) is 16.8. The van der Waals surface area contributed by atoms with Crippen molar-refractivity contribution >= 4 is 26.6 Å². The zero-order valence-corrected chi connectivity index (χ0v) is 29.4. The molecular weight excluding hydrogens is 682 g/mol. The van der Waals surface area contributed by atoms with Crippen LogP contribution in [0.2, 0.25) is 0 Å². The Hall–Kier alpha value is -5.33. The van der Waals surface area contributed by atoms with Crippen molar-refractivity contribution in [2.45, 2.75) is 31.7 Å². The number of hydrogen-bond donors (Lipinski definition) is 3. The zero-order valence-electron chi connectivity index (χ0n) is 28.6. The van der Waals surface area contributed by atoms with Crippen LogP contribution in [0.4, 0.5) is 10.1 Å². The Morgan fingerprint density at radius 2 is 1.54 bits per heavy atom. The van der Waals surface area contributed by atoms with Gasteiger partial charge >= 0.3 is 0 Å². The summed E-state index contributed by atoms with van der Waals surface area (Å²) in [4.78, 5) is 6.30. The molecule has 2 atom stereocenters. The van der Waals surface area contributed by atoms with Gasteiger partial charge in [-0.3, -0.25) is 14.6 Å². The average Bonchev–Trinajstić information content (AvgIpc) is 3.14. The van der Waals surface area contributed by atoms with E-state index in [0.29, 0.717) is 46.7 Å². The maximum atomic E-state index is 14.0. The van der Waals surface area contributed by atoms with E-state index in [1.165, 1.54) is 12.1 Å². The second-order valence-corrected chi connectivity index (χ2v) is 14.3. The Bertz CT molecular complexity index is 2190. The zero-order chi connectivity index (χ0) is 36.5. The van der Waals surface area contributed by atoms with Crippen LogP contribution in [0.25, 0.3) is 10.9 Å². The summed E-state index contributed by atoms with van der Waals surface area (Å²) < 4.78 is 53.1. The summed E-state index contributed by atoms with van der Waals surface area (Å²) >= 11 is 0. The van der Waals surface area contributed by atoms with E-state index in [2.05, 4.69) is 9.71 Å². The highest BCUT2D eigenvalue weighted by Gasteiger charge is 2.24. The van der Waals surface area contributed by atoms with Crippen molar-refractivity contribution in [2.24, 2.45) is 0 Å². The minimum atomic E-state index is -3.66. The smallest absolute Gasteiger partial charge is 0.229 e. The Balaban J connectivity index is 1.20. The SMILES string of the molecule is CS(=O)(=O)Nc1cc([C@@H](O)CN(Cc2ccccc2)[C@H](CO)Cc2ccc(Oc3ccnc4ccc(F)cc34)cc2)ccc1OCc1ccccc1. The first-order valence-electron chi connectivity index (χ1n) is 16.8. The van der Waals surface area contributed by atoms with Gasteiger partial charge in [0.2, 0.25) is 10.0 Å². The number of anilines is 1. The highest BCUT2D eigenvalue weighted by atomic mass is 32.2. The minimum Gasteiger partial charge on any atom is -0.487 e. The molecular formula is C41H40FN3O6S. The van der Waals surface area contributed by atoms with Crippen LogP contribution in [-0.4, -0.2) is 54.0 Å². The lowest BCUT2D eigenvalue weighted by Crippen LogP contribution is -2.41. The summed E-state index contributed by atoms with van der Waals surface area (Å²) in [7, 11) is -3.66. The number of nitrogens with one attached hydrogen (secondary N) is 1. The first kappa shape index (κ1) is 36.5. The lowest BCUT2D eigenvalue weighted by atomic mass is 10.0. The van der Waals surface area contributed by atoms with E-state index in [9.17, 15) is 23.0 Å². The Labute approximate surface area is 303 Å². The Morgan fingerprint density at radius 1 is 0.827 bits per heavy atom. The fourth-order valence-electron chi connectivity index (χ4n) is 5.97. The number of aliphatic hydroxyl groups excluding tert-OH is 2. The predicted octanol–water partition coefficient (Wildman–Crippen LogP) is 7.26. The van der Waals surface area contributed by atoms with Crippen molar-refractivity contribution in [3.05, 3.63) is 162 Å². The van der Waals surface area contributed by atoms with Gasteiger partial charge in [-0.2, -0.15) is 0 Å². The number of rotatable bonds is 16.